The minimum atomic E-state index is -2.24. The van der Waals surface area contributed by atoms with Crippen LogP contribution in [0.3, 0.4) is 0 Å². The molecular formula is C30H56N2O22. The van der Waals surface area contributed by atoms with E-state index in [2.05, 4.69) is 10.6 Å². The maximum absolute atomic E-state index is 12.5. The average Bonchev–Trinajstić information content (AvgIpc) is 3.17. The average molecular weight is 797 g/mol. The van der Waals surface area contributed by atoms with E-state index in [4.69, 9.17) is 18.9 Å². The molecule has 0 radical (unpaired) electrons. The molecule has 0 unspecified atom stereocenters. The number of ether oxygens (including phenoxy) is 4. The summed E-state index contributed by atoms with van der Waals surface area (Å²) in [5.41, 5.74) is 0. The largest absolute Gasteiger partial charge is 0.394 e. The summed E-state index contributed by atoms with van der Waals surface area (Å²) in [5, 5.41) is 164. The number of aliphatic hydroxyl groups is 16. The van der Waals surface area contributed by atoms with Gasteiger partial charge in [-0.05, 0) is 12.8 Å². The summed E-state index contributed by atoms with van der Waals surface area (Å²) >= 11 is 0. The van der Waals surface area contributed by atoms with Gasteiger partial charge in [-0.1, -0.05) is 12.8 Å². The second kappa shape index (κ2) is 23.4. The van der Waals surface area contributed by atoms with Crippen molar-refractivity contribution >= 4 is 11.8 Å². The Bertz CT molecular complexity index is 1010. The van der Waals surface area contributed by atoms with Crippen molar-refractivity contribution in [3.63, 3.8) is 0 Å². The van der Waals surface area contributed by atoms with Crippen LogP contribution in [0.15, 0.2) is 0 Å². The number of carbonyl (C=O) groups excluding carboxylic acids is 2. The molecule has 2 rings (SSSR count). The first-order valence-electron chi connectivity index (χ1n) is 17.2. The van der Waals surface area contributed by atoms with Gasteiger partial charge in [0, 0.05) is 13.1 Å². The Labute approximate surface area is 308 Å². The molecule has 18 N–H and O–H groups in total. The summed E-state index contributed by atoms with van der Waals surface area (Å²) in [6.07, 6.45) is -32.9. The van der Waals surface area contributed by atoms with E-state index in [9.17, 15) is 91.3 Å². The van der Waals surface area contributed by atoms with Crippen molar-refractivity contribution in [2.75, 3.05) is 39.5 Å². The first kappa shape index (κ1) is 48.3. The van der Waals surface area contributed by atoms with Crippen LogP contribution in [-0.4, -0.2) is 243 Å². The summed E-state index contributed by atoms with van der Waals surface area (Å²) in [6.45, 7) is -3.77. The van der Waals surface area contributed by atoms with E-state index in [0.29, 0.717) is 25.7 Å². The van der Waals surface area contributed by atoms with Gasteiger partial charge in [0.1, 0.15) is 85.5 Å². The molecule has 54 heavy (non-hydrogen) atoms. The number of nitrogens with one attached hydrogen (secondary N) is 2. The Morgan fingerprint density at radius 2 is 0.852 bits per heavy atom. The zero-order valence-corrected chi connectivity index (χ0v) is 29.1. The second-order valence-electron chi connectivity index (χ2n) is 13.0. The van der Waals surface area contributed by atoms with Crippen molar-refractivity contribution in [1.29, 1.82) is 0 Å². The Hall–Kier alpha value is -1.86. The molecule has 0 spiro atoms. The number of carbonyl (C=O) groups is 2. The minimum absolute atomic E-state index is 0.0241. The fraction of sp³-hybridized carbons (Fsp3) is 0.933. The van der Waals surface area contributed by atoms with E-state index in [-0.39, 0.29) is 13.1 Å². The first-order valence-corrected chi connectivity index (χ1v) is 17.2. The minimum Gasteiger partial charge on any atom is -0.394 e. The summed E-state index contributed by atoms with van der Waals surface area (Å²) in [5.74, 6) is -2.23. The predicted octanol–water partition coefficient (Wildman–Crippen LogP) is -10.7. The molecule has 0 aromatic heterocycles. The van der Waals surface area contributed by atoms with Crippen LogP contribution in [0.4, 0.5) is 0 Å². The lowest BCUT2D eigenvalue weighted by Crippen LogP contribution is -2.62. The lowest BCUT2D eigenvalue weighted by Gasteiger charge is -2.42. The molecule has 18 atom stereocenters. The fourth-order valence-electron chi connectivity index (χ4n) is 5.58. The highest BCUT2D eigenvalue weighted by atomic mass is 16.7. The molecule has 0 aromatic carbocycles. The quantitative estimate of drug-likeness (QED) is 0.0427. The third-order valence-electron chi connectivity index (χ3n) is 8.97. The van der Waals surface area contributed by atoms with Crippen LogP contribution in [-0.2, 0) is 28.5 Å². The monoisotopic (exact) mass is 796 g/mol. The van der Waals surface area contributed by atoms with E-state index < -0.39 is 148 Å². The molecule has 2 aliphatic heterocycles. The molecule has 24 heteroatoms. The van der Waals surface area contributed by atoms with E-state index >= 15 is 0 Å². The standard InChI is InChI=1S/C30H56N2O22/c33-7-11(37)25(53-29-23(47)17(41)15(39)13(9-35)51-29)19(43)21(45)27(49)31-5-3-1-2-4-6-32-28(50)22(46)20(44)26(12(38)8-34)54-30-24(48)18(42)16(40)14(10-36)52-30/h11-26,29-30,33-48H,1-10H2,(H,31,49)(H,32,50)/t11-,12-,13-,14-,15+,16+,17+,18+,19-,20-,21-,22-,23-,24-,25-,26-,29+,30+/m1/s1. The van der Waals surface area contributed by atoms with Gasteiger partial charge in [-0.25, -0.2) is 0 Å². The Morgan fingerprint density at radius 3 is 1.15 bits per heavy atom. The number of unbranched alkanes of at least 4 members (excludes halogenated alkanes) is 3. The highest BCUT2D eigenvalue weighted by Crippen LogP contribution is 2.26. The molecule has 0 aliphatic carbocycles. The number of rotatable bonds is 23. The Kier molecular flexibility index (Phi) is 20.9. The molecule has 0 aromatic rings. The molecule has 2 saturated heterocycles. The lowest BCUT2D eigenvalue weighted by atomic mass is 9.98. The topological polar surface area (TPSA) is 419 Å². The third-order valence-corrected chi connectivity index (χ3v) is 8.97. The molecule has 2 heterocycles. The van der Waals surface area contributed by atoms with E-state index in [0.717, 1.165) is 0 Å². The number of hydrogen-bond acceptors (Lipinski definition) is 22. The third kappa shape index (κ3) is 12.8. The van der Waals surface area contributed by atoms with Gasteiger partial charge in [-0.3, -0.25) is 9.59 Å². The van der Waals surface area contributed by atoms with E-state index in [1.807, 2.05) is 0 Å². The van der Waals surface area contributed by atoms with Crippen molar-refractivity contribution in [1.82, 2.24) is 10.6 Å². The second-order valence-corrected chi connectivity index (χ2v) is 13.0. The summed E-state index contributed by atoms with van der Waals surface area (Å²) < 4.78 is 20.8. The van der Waals surface area contributed by atoms with Crippen LogP contribution in [0.1, 0.15) is 25.7 Å². The molecule has 2 aliphatic rings. The van der Waals surface area contributed by atoms with Gasteiger partial charge >= 0.3 is 0 Å². The number of aliphatic hydroxyl groups excluding tert-OH is 16. The zero-order valence-electron chi connectivity index (χ0n) is 29.1. The molecule has 0 bridgehead atoms. The highest BCUT2D eigenvalue weighted by molar-refractivity contribution is 5.81. The van der Waals surface area contributed by atoms with Gasteiger partial charge in [0.2, 0.25) is 0 Å². The molecule has 2 fully saturated rings. The summed E-state index contributed by atoms with van der Waals surface area (Å²) in [7, 11) is 0. The molecule has 2 amide bonds. The van der Waals surface area contributed by atoms with Crippen LogP contribution >= 0.6 is 0 Å². The maximum atomic E-state index is 12.5. The first-order chi connectivity index (χ1) is 25.5. The van der Waals surface area contributed by atoms with Gasteiger partial charge in [-0.2, -0.15) is 0 Å². The van der Waals surface area contributed by atoms with E-state index in [1.165, 1.54) is 0 Å². The zero-order chi connectivity index (χ0) is 40.9. The summed E-state index contributed by atoms with van der Waals surface area (Å²) in [6, 6.07) is 0. The van der Waals surface area contributed by atoms with Crippen LogP contribution < -0.4 is 10.6 Å². The van der Waals surface area contributed by atoms with Crippen LogP contribution in [0.2, 0.25) is 0 Å². The lowest BCUT2D eigenvalue weighted by molar-refractivity contribution is -0.326. The van der Waals surface area contributed by atoms with Crippen molar-refractivity contribution in [3.8, 4) is 0 Å². The van der Waals surface area contributed by atoms with E-state index in [1.54, 1.807) is 0 Å². The fourth-order valence-corrected chi connectivity index (χ4v) is 5.58. The van der Waals surface area contributed by atoms with Gasteiger partial charge in [0.25, 0.3) is 11.8 Å². The molecular weight excluding hydrogens is 740 g/mol. The van der Waals surface area contributed by atoms with Crippen molar-refractivity contribution in [2.24, 2.45) is 0 Å². The maximum Gasteiger partial charge on any atom is 0.251 e. The molecule has 24 nitrogen and oxygen atoms in total. The van der Waals surface area contributed by atoms with Crippen molar-refractivity contribution in [2.45, 2.75) is 136 Å². The predicted molar refractivity (Wildman–Crippen MR) is 172 cm³/mol. The normalized spacial score (nSPS) is 33.5. The van der Waals surface area contributed by atoms with Crippen LogP contribution in [0.5, 0.6) is 0 Å². The smallest absolute Gasteiger partial charge is 0.251 e. The van der Waals surface area contributed by atoms with Crippen LogP contribution in [0.25, 0.3) is 0 Å². The van der Waals surface area contributed by atoms with Gasteiger partial charge < -0.3 is 111 Å². The van der Waals surface area contributed by atoms with Gasteiger partial charge in [-0.15, -0.1) is 0 Å². The Balaban J connectivity index is 1.78. The Morgan fingerprint density at radius 1 is 0.519 bits per heavy atom. The molecule has 0 saturated carbocycles. The van der Waals surface area contributed by atoms with Crippen molar-refractivity contribution in [3.05, 3.63) is 0 Å². The van der Waals surface area contributed by atoms with Gasteiger partial charge in [0.05, 0.1) is 26.4 Å². The molecule has 318 valence electrons. The van der Waals surface area contributed by atoms with Gasteiger partial charge in [0.15, 0.2) is 24.8 Å². The number of hydrogen-bond donors (Lipinski definition) is 18. The van der Waals surface area contributed by atoms with Crippen LogP contribution in [0, 0.1) is 0 Å². The number of amides is 2. The highest BCUT2D eigenvalue weighted by Gasteiger charge is 2.49. The summed E-state index contributed by atoms with van der Waals surface area (Å²) in [4.78, 5) is 25.0. The van der Waals surface area contributed by atoms with Crippen molar-refractivity contribution < 1.29 is 110 Å². The SMILES string of the molecule is O=C(NCCCCCCNC(=O)[C@H](O)[C@@H](O)[C@H](O[C@@H]1O[C@H](CO)[C@H](O)[C@H](O)[C@H]1O)[C@H](O)CO)[C@H](O)[C@@H](O)[C@H](O[C@@H]1O[C@H](CO)[C@H](O)[C@H](O)[C@H]1O)[C@H](O)CO.